The highest BCUT2D eigenvalue weighted by Gasteiger charge is 2.37. The molecule has 3 amide bonds. The van der Waals surface area contributed by atoms with Crippen molar-refractivity contribution >= 4 is 17.8 Å². The lowest BCUT2D eigenvalue weighted by molar-refractivity contribution is 0.00645. The van der Waals surface area contributed by atoms with E-state index in [1.807, 2.05) is 42.8 Å². The van der Waals surface area contributed by atoms with Crippen LogP contribution in [0.5, 0.6) is 0 Å². The Morgan fingerprint density at radius 2 is 1.76 bits per heavy atom. The largest absolute Gasteiger partial charge is 0.444 e. The van der Waals surface area contributed by atoms with E-state index in [2.05, 4.69) is 41.1 Å². The van der Waals surface area contributed by atoms with Crippen molar-refractivity contribution in [1.82, 2.24) is 24.6 Å². The topological polar surface area (TPSA) is 72.5 Å². The molecule has 9 heteroatoms. The standard InChI is InChI=1S/C32H46N6O3/c1-32(2,3)41-31(40)38-21-24-11-8-13-27(36-16-18-37(19-17-36)30(39)34(4)5)26(24)20-25(38)22-35(6)28-14-7-10-23-12-9-15-33-29(23)28/h8-9,11-13,15,25,28H,7,10,14,16-22H2,1-6H3/t25-,28+/m1/s1. The highest BCUT2D eigenvalue weighted by Crippen LogP contribution is 2.36. The Bertz CT molecular complexity index is 1250. The van der Waals surface area contributed by atoms with Crippen LogP contribution < -0.4 is 4.90 Å². The number of urea groups is 1. The van der Waals surface area contributed by atoms with Crippen molar-refractivity contribution in [2.75, 3.05) is 58.8 Å². The molecule has 2 aromatic rings. The fourth-order valence-electron chi connectivity index (χ4n) is 6.55. The number of pyridine rings is 1. The van der Waals surface area contributed by atoms with Crippen molar-refractivity contribution in [1.29, 1.82) is 0 Å². The van der Waals surface area contributed by atoms with Gasteiger partial charge in [0.25, 0.3) is 0 Å². The zero-order valence-corrected chi connectivity index (χ0v) is 25.6. The number of carbonyl (C=O) groups excluding carboxylic acids is 2. The van der Waals surface area contributed by atoms with Gasteiger partial charge in [-0.15, -0.1) is 0 Å². The molecule has 0 saturated carbocycles. The summed E-state index contributed by atoms with van der Waals surface area (Å²) < 4.78 is 5.91. The third-order valence-corrected chi connectivity index (χ3v) is 8.57. The number of rotatable bonds is 4. The number of amides is 3. The van der Waals surface area contributed by atoms with Crippen LogP contribution in [0.15, 0.2) is 36.5 Å². The first kappa shape index (κ1) is 29.2. The van der Waals surface area contributed by atoms with Crippen molar-refractivity contribution < 1.29 is 14.3 Å². The molecule has 2 aliphatic heterocycles. The molecule has 1 aromatic carbocycles. The Labute approximate surface area is 245 Å². The lowest BCUT2D eigenvalue weighted by Crippen LogP contribution is -2.53. The highest BCUT2D eigenvalue weighted by atomic mass is 16.6. The molecule has 0 spiro atoms. The monoisotopic (exact) mass is 562 g/mol. The zero-order chi connectivity index (χ0) is 29.3. The lowest BCUT2D eigenvalue weighted by atomic mass is 9.89. The van der Waals surface area contributed by atoms with Gasteiger partial charge in [-0.05, 0) is 82.3 Å². The highest BCUT2D eigenvalue weighted by molar-refractivity contribution is 5.74. The van der Waals surface area contributed by atoms with E-state index < -0.39 is 5.60 Å². The molecule has 5 rings (SSSR count). The summed E-state index contributed by atoms with van der Waals surface area (Å²) in [7, 11) is 5.78. The fourth-order valence-corrected chi connectivity index (χ4v) is 6.55. The molecule has 2 atom stereocenters. The van der Waals surface area contributed by atoms with E-state index in [1.54, 1.807) is 19.0 Å². The molecule has 1 aromatic heterocycles. The van der Waals surface area contributed by atoms with E-state index in [9.17, 15) is 9.59 Å². The number of ether oxygens (including phenoxy) is 1. The number of likely N-dealkylation sites (N-methyl/N-ethyl adjacent to an activating group) is 1. The van der Waals surface area contributed by atoms with Gasteiger partial charge in [0.2, 0.25) is 0 Å². The molecule has 41 heavy (non-hydrogen) atoms. The summed E-state index contributed by atoms with van der Waals surface area (Å²) in [5, 5.41) is 0. The molecular formula is C32H46N6O3. The summed E-state index contributed by atoms with van der Waals surface area (Å²) in [6, 6.07) is 10.9. The summed E-state index contributed by atoms with van der Waals surface area (Å²) in [5.41, 5.74) is 5.64. The quantitative estimate of drug-likeness (QED) is 0.544. The van der Waals surface area contributed by atoms with Crippen LogP contribution >= 0.6 is 0 Å². The van der Waals surface area contributed by atoms with Crippen LogP contribution in [0, 0.1) is 0 Å². The second kappa shape index (κ2) is 11.9. The number of hydrogen-bond acceptors (Lipinski definition) is 6. The predicted molar refractivity (Wildman–Crippen MR) is 161 cm³/mol. The van der Waals surface area contributed by atoms with Gasteiger partial charge in [0.1, 0.15) is 5.60 Å². The van der Waals surface area contributed by atoms with Crippen molar-refractivity contribution in [2.45, 2.75) is 70.7 Å². The molecule has 9 nitrogen and oxygen atoms in total. The second-order valence-electron chi connectivity index (χ2n) is 12.9. The smallest absolute Gasteiger partial charge is 0.410 e. The van der Waals surface area contributed by atoms with Gasteiger partial charge in [0.15, 0.2) is 0 Å². The maximum absolute atomic E-state index is 13.6. The Morgan fingerprint density at radius 1 is 1.02 bits per heavy atom. The summed E-state index contributed by atoms with van der Waals surface area (Å²) in [4.78, 5) is 41.1. The first-order valence-corrected chi connectivity index (χ1v) is 15.0. The van der Waals surface area contributed by atoms with Crippen molar-refractivity contribution in [3.05, 3.63) is 58.9 Å². The number of aryl methyl sites for hydroxylation is 1. The van der Waals surface area contributed by atoms with Crippen molar-refractivity contribution in [3.8, 4) is 0 Å². The van der Waals surface area contributed by atoms with E-state index in [-0.39, 0.29) is 24.2 Å². The number of benzene rings is 1. The molecule has 222 valence electrons. The molecule has 1 saturated heterocycles. The normalized spacial score (nSPS) is 20.9. The van der Waals surface area contributed by atoms with Crippen molar-refractivity contribution in [3.63, 3.8) is 0 Å². The molecule has 3 aliphatic rings. The van der Waals surface area contributed by atoms with Gasteiger partial charge in [-0.2, -0.15) is 0 Å². The second-order valence-corrected chi connectivity index (χ2v) is 12.9. The van der Waals surface area contributed by atoms with Gasteiger partial charge < -0.3 is 19.4 Å². The molecule has 0 unspecified atom stereocenters. The first-order chi connectivity index (χ1) is 19.5. The third kappa shape index (κ3) is 6.45. The van der Waals surface area contributed by atoms with Crippen LogP contribution in [0.4, 0.5) is 15.3 Å². The van der Waals surface area contributed by atoms with Crippen molar-refractivity contribution in [2.24, 2.45) is 0 Å². The third-order valence-electron chi connectivity index (χ3n) is 8.57. The Balaban J connectivity index is 1.40. The van der Waals surface area contributed by atoms with Crippen LogP contribution in [0.3, 0.4) is 0 Å². The minimum Gasteiger partial charge on any atom is -0.444 e. The number of hydrogen-bond donors (Lipinski definition) is 0. The maximum Gasteiger partial charge on any atom is 0.410 e. The SMILES string of the molecule is CN(C)C(=O)N1CCN(c2cccc3c2C[C@H](CN(C)[C@H]2CCCc4cccnc42)N(C(=O)OC(C)(C)C)C3)CC1. The van der Waals surface area contributed by atoms with E-state index in [0.717, 1.165) is 45.3 Å². The van der Waals surface area contributed by atoms with Crippen LogP contribution in [-0.4, -0.2) is 102 Å². The first-order valence-electron chi connectivity index (χ1n) is 15.0. The number of piperazine rings is 1. The van der Waals surface area contributed by atoms with E-state index >= 15 is 0 Å². The fraction of sp³-hybridized carbons (Fsp3) is 0.594. The number of anilines is 1. The average Bonchev–Trinajstić information content (AvgIpc) is 2.95. The van der Waals surface area contributed by atoms with E-state index in [1.165, 1.54) is 28.1 Å². The maximum atomic E-state index is 13.6. The molecule has 3 heterocycles. The Hall–Kier alpha value is -3.33. The predicted octanol–water partition coefficient (Wildman–Crippen LogP) is 4.56. The molecule has 1 aliphatic carbocycles. The molecule has 0 bridgehead atoms. The molecule has 0 radical (unpaired) electrons. The van der Waals surface area contributed by atoms with Gasteiger partial charge in [-0.25, -0.2) is 9.59 Å². The Morgan fingerprint density at radius 3 is 2.46 bits per heavy atom. The summed E-state index contributed by atoms with van der Waals surface area (Å²) in [6.07, 6.45) is 5.68. The van der Waals surface area contributed by atoms with Crippen LogP contribution in [0.25, 0.3) is 0 Å². The van der Waals surface area contributed by atoms with E-state index in [0.29, 0.717) is 19.6 Å². The van der Waals surface area contributed by atoms with Gasteiger partial charge >= 0.3 is 12.1 Å². The molecular weight excluding hydrogens is 516 g/mol. The summed E-state index contributed by atoms with van der Waals surface area (Å²) >= 11 is 0. The van der Waals surface area contributed by atoms with Gasteiger partial charge in [0, 0.05) is 65.2 Å². The number of fused-ring (bicyclic) bond motifs is 2. The van der Waals surface area contributed by atoms with Crippen LogP contribution in [0.1, 0.15) is 62.0 Å². The molecule has 1 fully saturated rings. The van der Waals surface area contributed by atoms with Crippen LogP contribution in [0.2, 0.25) is 0 Å². The summed E-state index contributed by atoms with van der Waals surface area (Å²) in [6.45, 7) is 10.0. The molecule has 0 N–H and O–H groups in total. The van der Waals surface area contributed by atoms with Gasteiger partial charge in [-0.1, -0.05) is 18.2 Å². The number of aromatic nitrogens is 1. The van der Waals surface area contributed by atoms with Gasteiger partial charge in [-0.3, -0.25) is 14.8 Å². The average molecular weight is 563 g/mol. The lowest BCUT2D eigenvalue weighted by Gasteiger charge is -2.43. The van der Waals surface area contributed by atoms with Gasteiger partial charge in [0.05, 0.1) is 17.8 Å². The minimum atomic E-state index is -0.564. The number of carbonyl (C=O) groups is 2. The number of nitrogens with zero attached hydrogens (tertiary/aromatic N) is 6. The van der Waals surface area contributed by atoms with Crippen LogP contribution in [-0.2, 0) is 24.1 Å². The summed E-state index contributed by atoms with van der Waals surface area (Å²) in [5.74, 6) is 0. The van der Waals surface area contributed by atoms with E-state index in [4.69, 9.17) is 9.72 Å². The minimum absolute atomic E-state index is 0.0332. The zero-order valence-electron chi connectivity index (χ0n) is 25.6. The Kier molecular flexibility index (Phi) is 8.45.